The normalized spacial score (nSPS) is 13.0. The fourth-order valence-corrected chi connectivity index (χ4v) is 9.75. The van der Waals surface area contributed by atoms with Crippen LogP contribution >= 0.6 is 0 Å². The van der Waals surface area contributed by atoms with E-state index in [0.29, 0.717) is 0 Å². The monoisotopic (exact) mass is 814 g/mol. The van der Waals surface area contributed by atoms with Crippen molar-refractivity contribution in [2.45, 2.75) is 58.3 Å². The summed E-state index contributed by atoms with van der Waals surface area (Å²) in [6.45, 7) is 2.28. The molecule has 0 radical (unpaired) electrons. The smallest absolute Gasteiger partial charge is 0.160 e. The molecular formula is C59H50N4. The highest BCUT2D eigenvalue weighted by Crippen LogP contribution is 2.40. The zero-order valence-electron chi connectivity index (χ0n) is 35.8. The van der Waals surface area contributed by atoms with Gasteiger partial charge >= 0.3 is 0 Å². The quantitative estimate of drug-likeness (QED) is 0.115. The second kappa shape index (κ2) is 16.9. The van der Waals surface area contributed by atoms with E-state index in [2.05, 4.69) is 180 Å². The van der Waals surface area contributed by atoms with Crippen LogP contribution in [0.3, 0.4) is 0 Å². The van der Waals surface area contributed by atoms with Crippen molar-refractivity contribution in [2.75, 3.05) is 0 Å². The van der Waals surface area contributed by atoms with Crippen molar-refractivity contribution in [1.82, 2.24) is 19.1 Å². The maximum Gasteiger partial charge on any atom is 0.160 e. The standard InChI is InChI=1S/C59H50N4/c1-2-3-4-5-8-17-41-26-32-47(33-27-41)62-55-24-15-13-22-49(55)51-38-45(30-36-57(51)62)46-31-37-58-52(39-46)50-23-14-16-25-56(50)63(58)48-34-28-43(29-35-48)54-40-53(42-18-9-6-10-19-42)60-59(61-54)44-20-11-7-12-21-44/h6-7,9-16,18-28,30-34,36-40H,2-5,8,17,29,35H2,1H3. The molecule has 306 valence electrons. The first-order chi connectivity index (χ1) is 31.2. The van der Waals surface area contributed by atoms with E-state index in [9.17, 15) is 0 Å². The lowest BCUT2D eigenvalue weighted by Crippen LogP contribution is -2.03. The number of hydrogen-bond acceptors (Lipinski definition) is 2. The Hall–Kier alpha value is -7.30. The SMILES string of the molecule is CCCCCCCc1ccc(-n2c3ccccc3c3cc(-c4ccc5c(c4)c4ccccc4n5C4=CC=C(c5cc(-c6ccccc6)nc(-c6ccccc6)n5)CC4)ccc32)cc1. The summed E-state index contributed by atoms with van der Waals surface area (Å²) >= 11 is 0. The molecule has 4 heteroatoms. The molecule has 3 heterocycles. The van der Waals surface area contributed by atoms with Crippen molar-refractivity contribution in [3.8, 4) is 39.5 Å². The van der Waals surface area contributed by atoms with Crippen LogP contribution in [0.15, 0.2) is 188 Å². The Labute approximate surface area is 369 Å². The minimum absolute atomic E-state index is 0.749. The number of hydrogen-bond donors (Lipinski definition) is 0. The maximum atomic E-state index is 5.13. The first-order valence-electron chi connectivity index (χ1n) is 22.8. The number of para-hydroxylation sites is 2. The molecule has 0 atom stereocenters. The third-order valence-corrected chi connectivity index (χ3v) is 13.0. The predicted octanol–water partition coefficient (Wildman–Crippen LogP) is 15.9. The van der Waals surface area contributed by atoms with Gasteiger partial charge in [-0.1, -0.05) is 160 Å². The number of allylic oxidation sites excluding steroid dienone is 4. The highest BCUT2D eigenvalue weighted by molar-refractivity contribution is 6.13. The lowest BCUT2D eigenvalue weighted by atomic mass is 9.97. The summed E-state index contributed by atoms with van der Waals surface area (Å²) in [6, 6.07) is 63.9. The summed E-state index contributed by atoms with van der Waals surface area (Å²) in [6.07, 6.45) is 14.0. The van der Waals surface area contributed by atoms with Crippen LogP contribution in [0.2, 0.25) is 0 Å². The topological polar surface area (TPSA) is 35.6 Å². The summed E-state index contributed by atoms with van der Waals surface area (Å²) in [5.41, 5.74) is 16.5. The first-order valence-corrected chi connectivity index (χ1v) is 22.8. The Kier molecular flexibility index (Phi) is 10.3. The molecule has 0 fully saturated rings. The van der Waals surface area contributed by atoms with Gasteiger partial charge in [-0.25, -0.2) is 9.97 Å². The van der Waals surface area contributed by atoms with E-state index in [-0.39, 0.29) is 0 Å². The molecule has 0 unspecified atom stereocenters. The molecule has 0 bridgehead atoms. The Morgan fingerprint density at radius 1 is 0.429 bits per heavy atom. The van der Waals surface area contributed by atoms with Gasteiger partial charge in [0.05, 0.1) is 33.5 Å². The predicted molar refractivity (Wildman–Crippen MR) is 266 cm³/mol. The maximum absolute atomic E-state index is 5.13. The minimum Gasteiger partial charge on any atom is -0.313 e. The highest BCUT2D eigenvalue weighted by atomic mass is 15.0. The number of benzene rings is 7. The summed E-state index contributed by atoms with van der Waals surface area (Å²) in [5.74, 6) is 0.749. The van der Waals surface area contributed by atoms with Crippen LogP contribution in [0, 0.1) is 0 Å². The van der Waals surface area contributed by atoms with Crippen molar-refractivity contribution in [1.29, 1.82) is 0 Å². The van der Waals surface area contributed by atoms with Crippen molar-refractivity contribution < 1.29 is 0 Å². The minimum atomic E-state index is 0.749. The molecule has 0 N–H and O–H groups in total. The molecule has 10 aromatic rings. The largest absolute Gasteiger partial charge is 0.313 e. The zero-order valence-corrected chi connectivity index (χ0v) is 35.8. The number of aryl methyl sites for hydroxylation is 1. The van der Waals surface area contributed by atoms with E-state index >= 15 is 0 Å². The molecule has 1 aliphatic carbocycles. The van der Waals surface area contributed by atoms with E-state index in [1.807, 2.05) is 24.3 Å². The number of unbranched alkanes of at least 4 members (excludes halogenated alkanes) is 4. The number of nitrogens with zero attached hydrogens (tertiary/aromatic N) is 4. The molecule has 3 aromatic heterocycles. The van der Waals surface area contributed by atoms with Crippen LogP contribution in [0.1, 0.15) is 63.1 Å². The zero-order chi connectivity index (χ0) is 42.1. The molecular weight excluding hydrogens is 765 g/mol. The molecule has 0 saturated carbocycles. The third kappa shape index (κ3) is 7.36. The van der Waals surface area contributed by atoms with Gasteiger partial charge < -0.3 is 9.13 Å². The van der Waals surface area contributed by atoms with Crippen molar-refractivity contribution in [3.63, 3.8) is 0 Å². The van der Waals surface area contributed by atoms with E-state index in [1.54, 1.807) is 0 Å². The average molecular weight is 815 g/mol. The van der Waals surface area contributed by atoms with Crippen molar-refractivity contribution in [2.24, 2.45) is 0 Å². The molecule has 4 nitrogen and oxygen atoms in total. The van der Waals surface area contributed by atoms with Crippen molar-refractivity contribution >= 4 is 54.9 Å². The fourth-order valence-electron chi connectivity index (χ4n) is 9.75. The van der Waals surface area contributed by atoms with Crippen LogP contribution in [0.5, 0.6) is 0 Å². The van der Waals surface area contributed by atoms with E-state index < -0.39 is 0 Å². The molecule has 0 spiro atoms. The van der Waals surface area contributed by atoms with Crippen LogP contribution in [0.4, 0.5) is 0 Å². The van der Waals surface area contributed by atoms with Gasteiger partial charge in [0.15, 0.2) is 5.82 Å². The molecule has 63 heavy (non-hydrogen) atoms. The summed E-state index contributed by atoms with van der Waals surface area (Å²) in [7, 11) is 0. The van der Waals surface area contributed by atoms with E-state index in [1.165, 1.54) is 109 Å². The van der Waals surface area contributed by atoms with Crippen molar-refractivity contribution in [3.05, 3.63) is 199 Å². The molecule has 0 aliphatic heterocycles. The van der Waals surface area contributed by atoms with Gasteiger partial charge in [0.25, 0.3) is 0 Å². The first kappa shape index (κ1) is 38.6. The third-order valence-electron chi connectivity index (χ3n) is 13.0. The van der Waals surface area contributed by atoms with Gasteiger partial charge in [0, 0.05) is 44.1 Å². The van der Waals surface area contributed by atoms with E-state index in [4.69, 9.17) is 9.97 Å². The summed E-state index contributed by atoms with van der Waals surface area (Å²) in [5, 5.41) is 5.08. The lowest BCUT2D eigenvalue weighted by molar-refractivity contribution is 0.632. The molecule has 11 rings (SSSR count). The molecule has 1 aliphatic rings. The Bertz CT molecular complexity index is 3270. The van der Waals surface area contributed by atoms with Gasteiger partial charge in [0.1, 0.15) is 0 Å². The summed E-state index contributed by atoms with van der Waals surface area (Å²) in [4.78, 5) is 10.2. The molecule has 0 amide bonds. The van der Waals surface area contributed by atoms with E-state index in [0.717, 1.165) is 47.6 Å². The van der Waals surface area contributed by atoms with Crippen LogP contribution in [-0.4, -0.2) is 19.1 Å². The highest BCUT2D eigenvalue weighted by Gasteiger charge is 2.20. The molecule has 7 aromatic carbocycles. The Balaban J connectivity index is 0.940. The number of fused-ring (bicyclic) bond motifs is 6. The summed E-state index contributed by atoms with van der Waals surface area (Å²) < 4.78 is 4.91. The molecule has 0 saturated heterocycles. The number of aromatic nitrogens is 4. The lowest BCUT2D eigenvalue weighted by Gasteiger charge is -2.18. The second-order valence-electron chi connectivity index (χ2n) is 17.0. The van der Waals surface area contributed by atoms with Gasteiger partial charge in [0.2, 0.25) is 0 Å². The van der Waals surface area contributed by atoms with Crippen LogP contribution in [0.25, 0.3) is 94.3 Å². The Morgan fingerprint density at radius 2 is 1.00 bits per heavy atom. The second-order valence-corrected chi connectivity index (χ2v) is 17.0. The average Bonchev–Trinajstić information content (AvgIpc) is 3.87. The van der Waals surface area contributed by atoms with Crippen LogP contribution in [-0.2, 0) is 6.42 Å². The van der Waals surface area contributed by atoms with Crippen LogP contribution < -0.4 is 0 Å². The Morgan fingerprint density at radius 3 is 1.65 bits per heavy atom. The number of rotatable bonds is 12. The van der Waals surface area contributed by atoms with Gasteiger partial charge in [-0.15, -0.1) is 0 Å². The van der Waals surface area contributed by atoms with Gasteiger partial charge in [-0.05, 0) is 109 Å². The fraction of sp³-hybridized carbons (Fsp3) is 0.153. The van der Waals surface area contributed by atoms with Gasteiger partial charge in [-0.3, -0.25) is 0 Å². The van der Waals surface area contributed by atoms with Gasteiger partial charge in [-0.2, -0.15) is 0 Å².